The maximum Gasteiger partial charge on any atom is 0.426 e. The average molecular weight is 424 g/mol. The number of diazo groups is 1. The molecule has 1 aromatic rings. The zero-order chi connectivity index (χ0) is 13.4. The summed E-state index contributed by atoms with van der Waals surface area (Å²) in [6.07, 6.45) is 0. The quantitative estimate of drug-likeness (QED) is 0.433. The molecule has 0 bridgehead atoms. The molecule has 0 unspecified atom stereocenters. The van der Waals surface area contributed by atoms with Crippen molar-refractivity contribution in [2.45, 2.75) is 9.79 Å². The van der Waals surface area contributed by atoms with Crippen molar-refractivity contribution < 1.29 is 42.9 Å². The minimum absolute atomic E-state index is 0. The van der Waals surface area contributed by atoms with Gasteiger partial charge in [0, 0.05) is 4.47 Å². The molecule has 2 N–H and O–H groups in total. The molecule has 100 valence electrons. The summed E-state index contributed by atoms with van der Waals surface area (Å²) in [6.45, 7) is 0. The maximum absolute atomic E-state index is 10.9. The molecule has 1 rings (SSSR count). The Bertz CT molecular complexity index is 668. The van der Waals surface area contributed by atoms with Crippen LogP contribution in [0, 0.1) is 5.39 Å². The number of hydrogen-bond acceptors (Lipinski definition) is 5. The summed E-state index contributed by atoms with van der Waals surface area (Å²) in [7, 11) is -9.62. The highest BCUT2D eigenvalue weighted by Gasteiger charge is 2.34. The van der Waals surface area contributed by atoms with Crippen LogP contribution >= 0.6 is 15.9 Å². The number of rotatable bonds is 2. The molecule has 0 atom stereocenters. The Kier molecular flexibility index (Phi) is 5.41. The van der Waals surface area contributed by atoms with E-state index in [1.165, 1.54) is 0 Å². The van der Waals surface area contributed by atoms with Crippen molar-refractivity contribution in [1.29, 1.82) is 5.39 Å². The minimum Gasteiger partial charge on any atom is -1.00 e. The first kappa shape index (κ1) is 17.4. The third-order valence-electron chi connectivity index (χ3n) is 1.66. The summed E-state index contributed by atoms with van der Waals surface area (Å²) in [5.41, 5.74) is -0.974. The average Bonchev–Trinajstić information content (AvgIpc) is 2.13. The fraction of sp³-hybridized carbons (Fsp3) is 0. The second-order valence-corrected chi connectivity index (χ2v) is 6.50. The summed E-state index contributed by atoms with van der Waals surface area (Å²) in [5.74, 6) is 0. The molecule has 0 saturated heterocycles. The lowest BCUT2D eigenvalue weighted by Gasteiger charge is -1.99. The topological polar surface area (TPSA) is 137 Å². The first-order valence-corrected chi connectivity index (χ1v) is 7.38. The Morgan fingerprint density at radius 1 is 1.06 bits per heavy atom. The summed E-state index contributed by atoms with van der Waals surface area (Å²) in [4.78, 5) is 0.532. The first-order chi connectivity index (χ1) is 7.57. The minimum atomic E-state index is -4.81. The SMILES string of the molecule is N#[N+]c1c(S(=O)(=O)O)cc(Br)cc1S(=O)(=O)O.[Br-]. The van der Waals surface area contributed by atoms with Crippen molar-refractivity contribution >= 4 is 41.9 Å². The number of benzene rings is 1. The van der Waals surface area contributed by atoms with Crippen molar-refractivity contribution in [2.24, 2.45) is 0 Å². The van der Waals surface area contributed by atoms with Gasteiger partial charge in [-0.25, -0.2) is 0 Å². The Hall–Kier alpha value is -0.580. The largest absolute Gasteiger partial charge is 1.00 e. The van der Waals surface area contributed by atoms with E-state index >= 15 is 0 Å². The summed E-state index contributed by atoms with van der Waals surface area (Å²) < 4.78 is 61.3. The van der Waals surface area contributed by atoms with Crippen molar-refractivity contribution in [2.75, 3.05) is 0 Å². The lowest BCUT2D eigenvalue weighted by Crippen LogP contribution is -3.00. The van der Waals surface area contributed by atoms with E-state index in [4.69, 9.17) is 14.5 Å². The number of nitrogens with zero attached hydrogens (tertiary/aromatic N) is 2. The molecule has 0 fully saturated rings. The predicted molar refractivity (Wildman–Crippen MR) is 58.5 cm³/mol. The first-order valence-electron chi connectivity index (χ1n) is 3.71. The normalized spacial score (nSPS) is 11.4. The highest BCUT2D eigenvalue weighted by atomic mass is 79.9. The van der Waals surface area contributed by atoms with Gasteiger partial charge in [-0.15, -0.1) is 0 Å². The van der Waals surface area contributed by atoms with Gasteiger partial charge >= 0.3 is 25.9 Å². The number of hydrogen-bond donors (Lipinski definition) is 2. The van der Waals surface area contributed by atoms with Crippen LogP contribution < -0.4 is 17.0 Å². The molecule has 8 nitrogen and oxygen atoms in total. The molecule has 0 spiro atoms. The van der Waals surface area contributed by atoms with E-state index in [2.05, 4.69) is 20.9 Å². The smallest absolute Gasteiger partial charge is 0.426 e. The van der Waals surface area contributed by atoms with Gasteiger partial charge in [0.15, 0.2) is 14.8 Å². The fourth-order valence-electron chi connectivity index (χ4n) is 1.04. The van der Waals surface area contributed by atoms with Crippen LogP contribution in [0.15, 0.2) is 26.4 Å². The van der Waals surface area contributed by atoms with Crippen LogP contribution in [-0.2, 0) is 20.2 Å². The molecule has 0 saturated carbocycles. The van der Waals surface area contributed by atoms with E-state index in [0.717, 1.165) is 12.1 Å². The monoisotopic (exact) mass is 422 g/mol. The van der Waals surface area contributed by atoms with E-state index in [1.54, 1.807) is 0 Å². The van der Waals surface area contributed by atoms with E-state index in [-0.39, 0.29) is 21.5 Å². The molecule has 0 amide bonds. The van der Waals surface area contributed by atoms with Gasteiger partial charge < -0.3 is 17.0 Å². The summed E-state index contributed by atoms with van der Waals surface area (Å²) in [5, 5.41) is 8.58. The molecule has 0 aliphatic rings. The third-order valence-corrected chi connectivity index (χ3v) is 3.85. The van der Waals surface area contributed by atoms with Crippen LogP contribution in [0.25, 0.3) is 4.98 Å². The third kappa shape index (κ3) is 3.70. The van der Waals surface area contributed by atoms with Crippen LogP contribution in [-0.4, -0.2) is 25.9 Å². The van der Waals surface area contributed by atoms with Gasteiger partial charge in [-0.3, -0.25) is 9.11 Å². The molecule has 0 aliphatic carbocycles. The maximum atomic E-state index is 10.9. The van der Waals surface area contributed by atoms with Gasteiger partial charge in [-0.05, 0) is 12.1 Å². The van der Waals surface area contributed by atoms with Gasteiger partial charge in [0.25, 0.3) is 0 Å². The molecule has 18 heavy (non-hydrogen) atoms. The van der Waals surface area contributed by atoms with Crippen LogP contribution in [0.1, 0.15) is 0 Å². The van der Waals surface area contributed by atoms with Crippen molar-refractivity contribution in [1.82, 2.24) is 0 Å². The van der Waals surface area contributed by atoms with Crippen molar-refractivity contribution in [3.63, 3.8) is 0 Å². The molecular formula is C6H4Br2N2O6S2. The lowest BCUT2D eigenvalue weighted by molar-refractivity contribution is -0.0000119. The van der Waals surface area contributed by atoms with Gasteiger partial charge in [-0.2, -0.15) is 16.8 Å². The zero-order valence-electron chi connectivity index (χ0n) is 8.15. The second kappa shape index (κ2) is 5.59. The molecule has 0 heterocycles. The molecular weight excluding hydrogens is 420 g/mol. The van der Waals surface area contributed by atoms with Crippen molar-refractivity contribution in [3.05, 3.63) is 21.6 Å². The number of halogens is 2. The standard InChI is InChI=1S/C6H3BrN2O6S2.BrH/c7-3-1-4(16(10,11)12)6(9-8)5(2-3)17(13,14)15;/h1-2H,(H-,10,11,12,13,14,15);1H. The molecule has 0 aromatic heterocycles. The van der Waals surface area contributed by atoms with Crippen LogP contribution in [0.3, 0.4) is 0 Å². The van der Waals surface area contributed by atoms with Crippen molar-refractivity contribution in [3.8, 4) is 0 Å². The summed E-state index contributed by atoms with van der Waals surface area (Å²) >= 11 is 2.79. The molecule has 12 heteroatoms. The molecule has 0 radical (unpaired) electrons. The van der Waals surface area contributed by atoms with E-state index in [0.29, 0.717) is 0 Å². The Labute approximate surface area is 121 Å². The highest BCUT2D eigenvalue weighted by Crippen LogP contribution is 2.34. The van der Waals surface area contributed by atoms with Gasteiger partial charge in [0.05, 0.1) is 0 Å². The van der Waals surface area contributed by atoms with E-state index in [1.807, 2.05) is 0 Å². The zero-order valence-corrected chi connectivity index (χ0v) is 13.0. The lowest BCUT2D eigenvalue weighted by atomic mass is 10.3. The highest BCUT2D eigenvalue weighted by molar-refractivity contribution is 9.10. The summed E-state index contributed by atoms with van der Waals surface area (Å²) in [6, 6.07) is 1.64. The van der Waals surface area contributed by atoms with Crippen LogP contribution in [0.2, 0.25) is 0 Å². The van der Waals surface area contributed by atoms with Gasteiger partial charge in [0.1, 0.15) is 0 Å². The fourth-order valence-corrected chi connectivity index (χ4v) is 3.21. The molecule has 1 aromatic carbocycles. The second-order valence-electron chi connectivity index (χ2n) is 2.80. The van der Waals surface area contributed by atoms with Gasteiger partial charge in [0.2, 0.25) is 5.39 Å². The predicted octanol–water partition coefficient (Wildman–Crippen LogP) is -1.57. The van der Waals surface area contributed by atoms with E-state index in [9.17, 15) is 16.8 Å². The Morgan fingerprint density at radius 2 is 1.39 bits per heavy atom. The molecule has 0 aliphatic heterocycles. The van der Waals surface area contributed by atoms with Crippen LogP contribution in [0.5, 0.6) is 0 Å². The Morgan fingerprint density at radius 3 is 1.61 bits per heavy atom. The Balaban J connectivity index is 0.00000289. The van der Waals surface area contributed by atoms with Gasteiger partial charge in [-0.1, -0.05) is 15.9 Å². The van der Waals surface area contributed by atoms with E-state index < -0.39 is 35.7 Å². The van der Waals surface area contributed by atoms with Crippen LogP contribution in [0.4, 0.5) is 5.69 Å².